The molecule has 0 bridgehead atoms. The van der Waals surface area contributed by atoms with E-state index in [1.165, 1.54) is 12.1 Å². The van der Waals surface area contributed by atoms with Crippen LogP contribution in [0.5, 0.6) is 0 Å². The van der Waals surface area contributed by atoms with Crippen molar-refractivity contribution in [2.24, 2.45) is 0 Å². The standard InChI is InChI=1S/C21H23Cl2N3O3/c1-2-6-18(27)26-20-16(12-15(22)13-17(20)23)21(29)25-10-9-24-19(28)11-14-7-4-3-5-8-14/h3-5,7-8,12-13H,2,6,9-11H2,1H3,(H,24,28)(H,25,29)(H,26,27). The molecule has 0 aliphatic carbocycles. The van der Waals surface area contributed by atoms with Gasteiger partial charge in [-0.05, 0) is 24.1 Å². The van der Waals surface area contributed by atoms with Crippen molar-refractivity contribution in [2.45, 2.75) is 26.2 Å². The van der Waals surface area contributed by atoms with E-state index >= 15 is 0 Å². The molecule has 0 unspecified atom stereocenters. The molecule has 6 nitrogen and oxygen atoms in total. The summed E-state index contributed by atoms with van der Waals surface area (Å²) in [6.07, 6.45) is 1.25. The minimum Gasteiger partial charge on any atom is -0.354 e. The van der Waals surface area contributed by atoms with Crippen LogP contribution >= 0.6 is 23.2 Å². The Bertz CT molecular complexity index is 873. The summed E-state index contributed by atoms with van der Waals surface area (Å²) in [6.45, 7) is 2.36. The summed E-state index contributed by atoms with van der Waals surface area (Å²) < 4.78 is 0. The van der Waals surface area contributed by atoms with E-state index in [0.29, 0.717) is 12.8 Å². The van der Waals surface area contributed by atoms with E-state index in [1.54, 1.807) is 0 Å². The zero-order valence-electron chi connectivity index (χ0n) is 16.1. The first kappa shape index (κ1) is 22.7. The maximum atomic E-state index is 12.6. The molecule has 0 aromatic heterocycles. The van der Waals surface area contributed by atoms with Gasteiger partial charge in [0.1, 0.15) is 0 Å². The molecular weight excluding hydrogens is 413 g/mol. The van der Waals surface area contributed by atoms with E-state index in [1.807, 2.05) is 37.3 Å². The van der Waals surface area contributed by atoms with Crippen molar-refractivity contribution in [2.75, 3.05) is 18.4 Å². The minimum atomic E-state index is -0.446. The predicted octanol–water partition coefficient (Wildman–Crippen LogP) is 3.82. The minimum absolute atomic E-state index is 0.135. The first-order valence-electron chi connectivity index (χ1n) is 9.28. The highest BCUT2D eigenvalue weighted by atomic mass is 35.5. The molecule has 3 N–H and O–H groups in total. The summed E-state index contributed by atoms with van der Waals surface area (Å²) in [4.78, 5) is 36.4. The summed E-state index contributed by atoms with van der Waals surface area (Å²) in [5.74, 6) is -0.818. The fourth-order valence-electron chi connectivity index (χ4n) is 2.63. The Morgan fingerprint density at radius 1 is 0.931 bits per heavy atom. The van der Waals surface area contributed by atoms with E-state index in [-0.39, 0.29) is 52.6 Å². The number of hydrogen-bond acceptors (Lipinski definition) is 3. The third-order valence-electron chi connectivity index (χ3n) is 3.98. The summed E-state index contributed by atoms with van der Waals surface area (Å²) in [5.41, 5.74) is 1.30. The van der Waals surface area contributed by atoms with Gasteiger partial charge in [0.25, 0.3) is 5.91 Å². The Hall–Kier alpha value is -2.57. The van der Waals surface area contributed by atoms with Crippen molar-refractivity contribution in [1.29, 1.82) is 0 Å². The Kier molecular flexibility index (Phi) is 8.96. The van der Waals surface area contributed by atoms with Crippen LogP contribution in [0.3, 0.4) is 0 Å². The van der Waals surface area contributed by atoms with Crippen LogP contribution in [0.25, 0.3) is 0 Å². The molecule has 0 aliphatic heterocycles. The first-order valence-corrected chi connectivity index (χ1v) is 10.0. The molecule has 0 fully saturated rings. The third-order valence-corrected chi connectivity index (χ3v) is 4.50. The van der Waals surface area contributed by atoms with Gasteiger partial charge < -0.3 is 16.0 Å². The molecule has 2 aromatic rings. The van der Waals surface area contributed by atoms with Crippen molar-refractivity contribution < 1.29 is 14.4 Å². The van der Waals surface area contributed by atoms with Crippen molar-refractivity contribution >= 4 is 46.6 Å². The lowest BCUT2D eigenvalue weighted by atomic mass is 10.1. The molecule has 8 heteroatoms. The van der Waals surface area contributed by atoms with Gasteiger partial charge in [0.05, 0.1) is 22.7 Å². The van der Waals surface area contributed by atoms with Crippen LogP contribution in [0.15, 0.2) is 42.5 Å². The van der Waals surface area contributed by atoms with Crippen molar-refractivity contribution in [3.8, 4) is 0 Å². The SMILES string of the molecule is CCCC(=O)Nc1c(Cl)cc(Cl)cc1C(=O)NCCNC(=O)Cc1ccccc1. The monoisotopic (exact) mass is 435 g/mol. The van der Waals surface area contributed by atoms with Gasteiger partial charge in [0.2, 0.25) is 11.8 Å². The van der Waals surface area contributed by atoms with Crippen molar-refractivity contribution in [3.05, 3.63) is 63.6 Å². The van der Waals surface area contributed by atoms with E-state index in [9.17, 15) is 14.4 Å². The molecule has 0 aliphatic rings. The molecule has 0 radical (unpaired) electrons. The number of benzene rings is 2. The van der Waals surface area contributed by atoms with Crippen LogP contribution < -0.4 is 16.0 Å². The Labute approximate surface area is 180 Å². The van der Waals surface area contributed by atoms with Crippen molar-refractivity contribution in [1.82, 2.24) is 10.6 Å². The number of halogens is 2. The van der Waals surface area contributed by atoms with Crippen molar-refractivity contribution in [3.63, 3.8) is 0 Å². The predicted molar refractivity (Wildman–Crippen MR) is 115 cm³/mol. The maximum absolute atomic E-state index is 12.6. The van der Waals surface area contributed by atoms with Crippen LogP contribution in [-0.2, 0) is 16.0 Å². The van der Waals surface area contributed by atoms with Crippen LogP contribution in [0.4, 0.5) is 5.69 Å². The molecule has 3 amide bonds. The van der Waals surface area contributed by atoms with Crippen LogP contribution in [0.1, 0.15) is 35.7 Å². The molecule has 0 heterocycles. The first-order chi connectivity index (χ1) is 13.9. The Balaban J connectivity index is 1.91. The summed E-state index contributed by atoms with van der Waals surface area (Å²) in [6, 6.07) is 12.3. The average Bonchev–Trinajstić information content (AvgIpc) is 2.68. The van der Waals surface area contributed by atoms with E-state index < -0.39 is 5.91 Å². The van der Waals surface area contributed by atoms with Gasteiger partial charge in [-0.1, -0.05) is 60.5 Å². The molecule has 29 heavy (non-hydrogen) atoms. The third kappa shape index (κ3) is 7.40. The molecule has 0 saturated heterocycles. The highest BCUT2D eigenvalue weighted by molar-refractivity contribution is 6.38. The number of rotatable bonds is 9. The summed E-state index contributed by atoms with van der Waals surface area (Å²) in [5, 5.41) is 8.57. The lowest BCUT2D eigenvalue weighted by molar-refractivity contribution is -0.120. The maximum Gasteiger partial charge on any atom is 0.253 e. The fourth-order valence-corrected chi connectivity index (χ4v) is 3.17. The van der Waals surface area contributed by atoms with Gasteiger partial charge in [-0.15, -0.1) is 0 Å². The fraction of sp³-hybridized carbons (Fsp3) is 0.286. The molecular formula is C21H23Cl2N3O3. The van der Waals surface area contributed by atoms with E-state index in [2.05, 4.69) is 16.0 Å². The number of carbonyl (C=O) groups excluding carboxylic acids is 3. The average molecular weight is 436 g/mol. The number of hydrogen-bond donors (Lipinski definition) is 3. The van der Waals surface area contributed by atoms with Gasteiger partial charge >= 0.3 is 0 Å². The highest BCUT2D eigenvalue weighted by Crippen LogP contribution is 2.30. The number of carbonyl (C=O) groups is 3. The molecule has 154 valence electrons. The molecule has 2 aromatic carbocycles. The highest BCUT2D eigenvalue weighted by Gasteiger charge is 2.17. The second-order valence-electron chi connectivity index (χ2n) is 6.38. The number of anilines is 1. The molecule has 2 rings (SSSR count). The Morgan fingerprint density at radius 2 is 1.62 bits per heavy atom. The van der Waals surface area contributed by atoms with E-state index in [0.717, 1.165) is 5.56 Å². The largest absolute Gasteiger partial charge is 0.354 e. The van der Waals surface area contributed by atoms with Crippen LogP contribution in [-0.4, -0.2) is 30.8 Å². The van der Waals surface area contributed by atoms with Gasteiger partial charge in [-0.3, -0.25) is 14.4 Å². The number of amides is 3. The topological polar surface area (TPSA) is 87.3 Å². The van der Waals surface area contributed by atoms with Crippen LogP contribution in [0.2, 0.25) is 10.0 Å². The zero-order valence-corrected chi connectivity index (χ0v) is 17.6. The lowest BCUT2D eigenvalue weighted by Crippen LogP contribution is -2.35. The smallest absolute Gasteiger partial charge is 0.253 e. The van der Waals surface area contributed by atoms with Gasteiger partial charge in [0.15, 0.2) is 0 Å². The lowest BCUT2D eigenvalue weighted by Gasteiger charge is -2.14. The second-order valence-corrected chi connectivity index (χ2v) is 7.22. The van der Waals surface area contributed by atoms with Crippen LogP contribution in [0, 0.1) is 0 Å². The quantitative estimate of drug-likeness (QED) is 0.523. The van der Waals surface area contributed by atoms with E-state index in [4.69, 9.17) is 23.2 Å². The summed E-state index contributed by atoms with van der Waals surface area (Å²) >= 11 is 12.2. The zero-order chi connectivity index (χ0) is 21.2. The molecule has 0 spiro atoms. The number of nitrogens with one attached hydrogen (secondary N) is 3. The Morgan fingerprint density at radius 3 is 2.31 bits per heavy atom. The molecule has 0 atom stereocenters. The molecule has 0 saturated carbocycles. The summed E-state index contributed by atoms with van der Waals surface area (Å²) in [7, 11) is 0. The van der Waals surface area contributed by atoms with Gasteiger partial charge in [-0.25, -0.2) is 0 Å². The normalized spacial score (nSPS) is 10.3. The van der Waals surface area contributed by atoms with Gasteiger partial charge in [0, 0.05) is 24.5 Å². The second kappa shape index (κ2) is 11.4. The van der Waals surface area contributed by atoms with Gasteiger partial charge in [-0.2, -0.15) is 0 Å².